The number of pyridine rings is 1. The molecule has 0 atom stereocenters. The summed E-state index contributed by atoms with van der Waals surface area (Å²) in [7, 11) is 1.90. The summed E-state index contributed by atoms with van der Waals surface area (Å²) < 4.78 is 2.26. The second-order valence-corrected chi connectivity index (χ2v) is 5.06. The molecule has 0 aliphatic heterocycles. The SMILES string of the molecule is CNc1ccc2c(C(C)C)cn(C(C)C)c2n1. The zero-order valence-corrected chi connectivity index (χ0v) is 11.3. The van der Waals surface area contributed by atoms with E-state index in [1.54, 1.807) is 0 Å². The highest BCUT2D eigenvalue weighted by atomic mass is 15.1. The van der Waals surface area contributed by atoms with Crippen molar-refractivity contribution in [3.63, 3.8) is 0 Å². The highest BCUT2D eigenvalue weighted by molar-refractivity contribution is 5.82. The maximum Gasteiger partial charge on any atom is 0.142 e. The van der Waals surface area contributed by atoms with Gasteiger partial charge >= 0.3 is 0 Å². The minimum atomic E-state index is 0.435. The number of aromatic nitrogens is 2. The maximum atomic E-state index is 4.67. The van der Waals surface area contributed by atoms with Gasteiger partial charge in [0.1, 0.15) is 11.5 Å². The maximum absolute atomic E-state index is 4.67. The summed E-state index contributed by atoms with van der Waals surface area (Å²) in [5.74, 6) is 1.45. The molecule has 17 heavy (non-hydrogen) atoms. The van der Waals surface area contributed by atoms with Crippen LogP contribution >= 0.6 is 0 Å². The van der Waals surface area contributed by atoms with Gasteiger partial charge in [0.25, 0.3) is 0 Å². The van der Waals surface area contributed by atoms with Crippen molar-refractivity contribution in [2.75, 3.05) is 12.4 Å². The fourth-order valence-electron chi connectivity index (χ4n) is 2.14. The summed E-state index contributed by atoms with van der Waals surface area (Å²) >= 11 is 0. The molecule has 2 heterocycles. The third-order valence-corrected chi connectivity index (χ3v) is 3.14. The third kappa shape index (κ3) is 2.02. The van der Waals surface area contributed by atoms with E-state index >= 15 is 0 Å². The number of nitrogens with one attached hydrogen (secondary N) is 1. The van der Waals surface area contributed by atoms with Gasteiger partial charge in [-0.25, -0.2) is 4.98 Å². The molecule has 0 radical (unpaired) electrons. The third-order valence-electron chi connectivity index (χ3n) is 3.14. The molecule has 2 rings (SSSR count). The Labute approximate surface area is 103 Å². The van der Waals surface area contributed by atoms with Crippen LogP contribution in [0.2, 0.25) is 0 Å². The van der Waals surface area contributed by atoms with Crippen LogP contribution in [-0.2, 0) is 0 Å². The van der Waals surface area contributed by atoms with Gasteiger partial charge in [-0.2, -0.15) is 0 Å². The van der Waals surface area contributed by atoms with E-state index in [-0.39, 0.29) is 0 Å². The first kappa shape index (κ1) is 12.0. The first-order chi connectivity index (χ1) is 8.04. The monoisotopic (exact) mass is 231 g/mol. The molecule has 0 saturated carbocycles. The predicted octanol–water partition coefficient (Wildman–Crippen LogP) is 3.78. The van der Waals surface area contributed by atoms with Crippen molar-refractivity contribution in [2.45, 2.75) is 39.7 Å². The van der Waals surface area contributed by atoms with Crippen LogP contribution in [0.3, 0.4) is 0 Å². The second kappa shape index (κ2) is 4.40. The first-order valence-electron chi connectivity index (χ1n) is 6.23. The fourth-order valence-corrected chi connectivity index (χ4v) is 2.14. The molecule has 0 unspecified atom stereocenters. The molecule has 0 bridgehead atoms. The van der Waals surface area contributed by atoms with Crippen molar-refractivity contribution < 1.29 is 0 Å². The summed E-state index contributed by atoms with van der Waals surface area (Å²) in [4.78, 5) is 4.67. The van der Waals surface area contributed by atoms with E-state index in [4.69, 9.17) is 0 Å². The quantitative estimate of drug-likeness (QED) is 0.871. The van der Waals surface area contributed by atoms with Crippen molar-refractivity contribution in [1.82, 2.24) is 9.55 Å². The van der Waals surface area contributed by atoms with Crippen molar-refractivity contribution >= 4 is 16.9 Å². The average Bonchev–Trinajstić information content (AvgIpc) is 2.67. The number of anilines is 1. The summed E-state index contributed by atoms with van der Waals surface area (Å²) in [6, 6.07) is 4.64. The smallest absolute Gasteiger partial charge is 0.142 e. The van der Waals surface area contributed by atoms with Crippen molar-refractivity contribution in [1.29, 1.82) is 0 Å². The van der Waals surface area contributed by atoms with E-state index in [0.29, 0.717) is 12.0 Å². The van der Waals surface area contributed by atoms with E-state index in [1.807, 2.05) is 13.1 Å². The Morgan fingerprint density at radius 3 is 2.41 bits per heavy atom. The van der Waals surface area contributed by atoms with Crippen molar-refractivity contribution in [2.24, 2.45) is 0 Å². The van der Waals surface area contributed by atoms with Gasteiger partial charge in [-0.15, -0.1) is 0 Å². The van der Waals surface area contributed by atoms with E-state index < -0.39 is 0 Å². The van der Waals surface area contributed by atoms with Gasteiger partial charge in [0.2, 0.25) is 0 Å². The van der Waals surface area contributed by atoms with Gasteiger partial charge in [0, 0.05) is 24.7 Å². The van der Waals surface area contributed by atoms with Crippen molar-refractivity contribution in [3.8, 4) is 0 Å². The molecular formula is C14H21N3. The van der Waals surface area contributed by atoms with Crippen LogP contribution in [0, 0.1) is 0 Å². The van der Waals surface area contributed by atoms with Gasteiger partial charge in [-0.05, 0) is 37.5 Å². The summed E-state index contributed by atoms with van der Waals surface area (Å²) in [5, 5.41) is 4.37. The molecule has 3 heteroatoms. The molecule has 0 amide bonds. The summed E-state index contributed by atoms with van der Waals surface area (Å²) in [6.07, 6.45) is 2.24. The van der Waals surface area contributed by atoms with Crippen LogP contribution in [0.5, 0.6) is 0 Å². The van der Waals surface area contributed by atoms with Crippen LogP contribution in [0.4, 0.5) is 5.82 Å². The van der Waals surface area contributed by atoms with E-state index in [2.05, 4.69) is 54.8 Å². The van der Waals surface area contributed by atoms with Crippen LogP contribution in [0.25, 0.3) is 11.0 Å². The Morgan fingerprint density at radius 2 is 1.88 bits per heavy atom. The standard InChI is InChI=1S/C14H21N3/c1-9(2)12-8-17(10(3)4)14-11(12)6-7-13(15-5)16-14/h6-10H,1-5H3,(H,15,16). The lowest BCUT2D eigenvalue weighted by molar-refractivity contribution is 0.614. The first-order valence-corrected chi connectivity index (χ1v) is 6.23. The van der Waals surface area contributed by atoms with Crippen molar-refractivity contribution in [3.05, 3.63) is 23.9 Å². The molecule has 3 nitrogen and oxygen atoms in total. The highest BCUT2D eigenvalue weighted by Crippen LogP contribution is 2.29. The van der Waals surface area contributed by atoms with Gasteiger partial charge in [-0.1, -0.05) is 13.8 Å². The molecular weight excluding hydrogens is 210 g/mol. The van der Waals surface area contributed by atoms with Gasteiger partial charge in [-0.3, -0.25) is 0 Å². The summed E-state index contributed by atoms with van der Waals surface area (Å²) in [6.45, 7) is 8.84. The Morgan fingerprint density at radius 1 is 1.18 bits per heavy atom. The van der Waals surface area contributed by atoms with E-state index in [0.717, 1.165) is 11.5 Å². The lowest BCUT2D eigenvalue weighted by Crippen LogP contribution is -2.01. The second-order valence-electron chi connectivity index (χ2n) is 5.06. The number of hydrogen-bond donors (Lipinski definition) is 1. The van der Waals surface area contributed by atoms with Gasteiger partial charge < -0.3 is 9.88 Å². The Kier molecular flexibility index (Phi) is 3.09. The summed E-state index contributed by atoms with van der Waals surface area (Å²) in [5.41, 5.74) is 2.46. The topological polar surface area (TPSA) is 29.9 Å². The van der Waals surface area contributed by atoms with Crippen LogP contribution in [0.15, 0.2) is 18.3 Å². The minimum Gasteiger partial charge on any atom is -0.373 e. The lowest BCUT2D eigenvalue weighted by Gasteiger charge is -2.08. The molecule has 2 aromatic rings. The lowest BCUT2D eigenvalue weighted by atomic mass is 10.0. The predicted molar refractivity (Wildman–Crippen MR) is 73.8 cm³/mol. The molecule has 0 aliphatic rings. The zero-order chi connectivity index (χ0) is 12.6. The fraction of sp³-hybridized carbons (Fsp3) is 0.500. The van der Waals surface area contributed by atoms with Crippen LogP contribution < -0.4 is 5.32 Å². The molecule has 0 aliphatic carbocycles. The zero-order valence-electron chi connectivity index (χ0n) is 11.3. The number of rotatable bonds is 3. The van der Waals surface area contributed by atoms with Crippen LogP contribution in [-0.4, -0.2) is 16.6 Å². The molecule has 0 spiro atoms. The number of hydrogen-bond acceptors (Lipinski definition) is 2. The molecule has 0 fully saturated rings. The van der Waals surface area contributed by atoms with E-state index in [1.165, 1.54) is 10.9 Å². The Balaban J connectivity index is 2.72. The number of fused-ring (bicyclic) bond motifs is 1. The van der Waals surface area contributed by atoms with Gasteiger partial charge in [0.05, 0.1) is 0 Å². The van der Waals surface area contributed by atoms with Crippen LogP contribution in [0.1, 0.15) is 45.2 Å². The normalized spacial score (nSPS) is 11.7. The average molecular weight is 231 g/mol. The molecule has 0 aromatic carbocycles. The Hall–Kier alpha value is -1.51. The molecule has 1 N–H and O–H groups in total. The minimum absolute atomic E-state index is 0.435. The number of nitrogens with zero attached hydrogens (tertiary/aromatic N) is 2. The largest absolute Gasteiger partial charge is 0.373 e. The van der Waals surface area contributed by atoms with Gasteiger partial charge in [0.15, 0.2) is 0 Å². The Bertz CT molecular complexity index is 523. The molecule has 0 saturated heterocycles. The highest BCUT2D eigenvalue weighted by Gasteiger charge is 2.14. The molecule has 92 valence electrons. The molecule has 2 aromatic heterocycles. The van der Waals surface area contributed by atoms with E-state index in [9.17, 15) is 0 Å².